The van der Waals surface area contributed by atoms with Crippen molar-refractivity contribution in [3.05, 3.63) is 83.9 Å². The minimum absolute atomic E-state index is 0.170. The summed E-state index contributed by atoms with van der Waals surface area (Å²) in [6, 6.07) is 23.3. The molecule has 0 saturated carbocycles. The number of para-hydroxylation sites is 1. The van der Waals surface area contributed by atoms with Gasteiger partial charge in [0.25, 0.3) is 5.91 Å². The Morgan fingerprint density at radius 2 is 1.90 bits per heavy atom. The van der Waals surface area contributed by atoms with Crippen LogP contribution in [-0.4, -0.2) is 28.2 Å². The molecule has 6 heteroatoms. The van der Waals surface area contributed by atoms with E-state index in [2.05, 4.69) is 11.4 Å². The first-order valence-corrected chi connectivity index (χ1v) is 11.1. The molecule has 0 bridgehead atoms. The summed E-state index contributed by atoms with van der Waals surface area (Å²) in [5.74, 6) is 0.0116. The van der Waals surface area contributed by atoms with Gasteiger partial charge in [0.15, 0.2) is 0 Å². The van der Waals surface area contributed by atoms with E-state index in [1.807, 2.05) is 65.6 Å². The fraction of sp³-hybridized carbons (Fsp3) is 0.160. The van der Waals surface area contributed by atoms with E-state index in [0.29, 0.717) is 18.5 Å². The number of benzene rings is 3. The molecule has 2 amide bonds. The third-order valence-electron chi connectivity index (χ3n) is 5.40. The van der Waals surface area contributed by atoms with Crippen LogP contribution in [0.5, 0.6) is 0 Å². The molecule has 1 fully saturated rings. The van der Waals surface area contributed by atoms with Crippen LogP contribution in [0.15, 0.2) is 72.8 Å². The van der Waals surface area contributed by atoms with E-state index in [1.54, 1.807) is 17.4 Å². The molecular weight excluding hydrogens is 406 g/mol. The van der Waals surface area contributed by atoms with Crippen LogP contribution >= 0.6 is 11.3 Å². The molecule has 1 N–H and O–H groups in total. The van der Waals surface area contributed by atoms with Gasteiger partial charge < -0.3 is 10.2 Å². The van der Waals surface area contributed by atoms with Crippen molar-refractivity contribution in [2.24, 2.45) is 0 Å². The number of fused-ring (bicyclic) bond motifs is 1. The molecule has 0 unspecified atom stereocenters. The van der Waals surface area contributed by atoms with Crippen molar-refractivity contribution in [1.82, 2.24) is 9.88 Å². The number of carbonyl (C=O) groups excluding carboxylic acids is 2. The van der Waals surface area contributed by atoms with E-state index >= 15 is 0 Å². The molecule has 0 spiro atoms. The van der Waals surface area contributed by atoms with Crippen molar-refractivity contribution in [1.29, 1.82) is 0 Å². The molecule has 31 heavy (non-hydrogen) atoms. The third kappa shape index (κ3) is 4.20. The molecule has 154 valence electrons. The molecule has 1 saturated heterocycles. The summed E-state index contributed by atoms with van der Waals surface area (Å²) in [6.07, 6.45) is 1.52. The number of carbonyl (C=O) groups is 2. The molecule has 3 aromatic carbocycles. The van der Waals surface area contributed by atoms with E-state index in [-0.39, 0.29) is 11.8 Å². The largest absolute Gasteiger partial charge is 0.338 e. The zero-order chi connectivity index (χ0) is 21.2. The smallest absolute Gasteiger partial charge is 0.255 e. The number of amides is 2. The molecule has 2 heterocycles. The summed E-state index contributed by atoms with van der Waals surface area (Å²) in [7, 11) is 0. The Balaban J connectivity index is 1.33. The fourth-order valence-corrected chi connectivity index (χ4v) is 4.79. The van der Waals surface area contributed by atoms with E-state index in [0.717, 1.165) is 45.0 Å². The molecule has 4 aromatic rings. The maximum Gasteiger partial charge on any atom is 0.255 e. The highest BCUT2D eigenvalue weighted by Gasteiger charge is 2.20. The maximum atomic E-state index is 12.9. The lowest BCUT2D eigenvalue weighted by atomic mass is 10.1. The predicted octanol–water partition coefficient (Wildman–Crippen LogP) is 5.34. The number of hydrogen-bond donors (Lipinski definition) is 1. The molecule has 1 aliphatic heterocycles. The van der Waals surface area contributed by atoms with Gasteiger partial charge in [0.05, 0.1) is 10.2 Å². The van der Waals surface area contributed by atoms with Crippen molar-refractivity contribution < 1.29 is 9.59 Å². The summed E-state index contributed by atoms with van der Waals surface area (Å²) in [5.41, 5.74) is 4.22. The molecule has 1 aliphatic rings. The van der Waals surface area contributed by atoms with Gasteiger partial charge in [-0.3, -0.25) is 9.59 Å². The molecule has 0 aliphatic carbocycles. The van der Waals surface area contributed by atoms with Crippen molar-refractivity contribution in [3.8, 4) is 10.6 Å². The van der Waals surface area contributed by atoms with Crippen molar-refractivity contribution in [3.63, 3.8) is 0 Å². The second-order valence-corrected chi connectivity index (χ2v) is 8.67. The Morgan fingerprint density at radius 3 is 2.74 bits per heavy atom. The first-order chi connectivity index (χ1) is 15.2. The van der Waals surface area contributed by atoms with Crippen LogP contribution in [0.2, 0.25) is 0 Å². The molecule has 0 atom stereocenters. The Hall–Kier alpha value is -3.51. The van der Waals surface area contributed by atoms with Gasteiger partial charge >= 0.3 is 0 Å². The number of anilines is 1. The Kier molecular flexibility index (Phi) is 5.22. The van der Waals surface area contributed by atoms with Gasteiger partial charge in [-0.05, 0) is 48.4 Å². The van der Waals surface area contributed by atoms with Gasteiger partial charge in [-0.1, -0.05) is 36.4 Å². The first kappa shape index (κ1) is 19.5. The minimum Gasteiger partial charge on any atom is -0.338 e. The lowest BCUT2D eigenvalue weighted by molar-refractivity contribution is -0.128. The Morgan fingerprint density at radius 1 is 1.03 bits per heavy atom. The predicted molar refractivity (Wildman–Crippen MR) is 124 cm³/mol. The Bertz CT molecular complexity index is 1250. The maximum absolute atomic E-state index is 12.9. The van der Waals surface area contributed by atoms with Crippen LogP contribution in [0.3, 0.4) is 0 Å². The second kappa shape index (κ2) is 8.32. The highest BCUT2D eigenvalue weighted by molar-refractivity contribution is 7.21. The summed E-state index contributed by atoms with van der Waals surface area (Å²) in [4.78, 5) is 31.3. The fourth-order valence-electron chi connectivity index (χ4n) is 3.83. The first-order valence-electron chi connectivity index (χ1n) is 10.3. The molecule has 0 radical (unpaired) electrons. The average molecular weight is 428 g/mol. The van der Waals surface area contributed by atoms with E-state index in [4.69, 9.17) is 4.98 Å². The van der Waals surface area contributed by atoms with Crippen molar-refractivity contribution in [2.75, 3.05) is 11.9 Å². The van der Waals surface area contributed by atoms with E-state index < -0.39 is 0 Å². The normalized spacial score (nSPS) is 13.7. The van der Waals surface area contributed by atoms with Crippen LogP contribution in [-0.2, 0) is 11.3 Å². The van der Waals surface area contributed by atoms with Crippen LogP contribution in [0.25, 0.3) is 20.8 Å². The molecule has 5 rings (SSSR count). The van der Waals surface area contributed by atoms with Crippen molar-refractivity contribution in [2.45, 2.75) is 19.4 Å². The van der Waals surface area contributed by atoms with E-state index in [1.165, 1.54) is 0 Å². The van der Waals surface area contributed by atoms with E-state index in [9.17, 15) is 9.59 Å². The van der Waals surface area contributed by atoms with Gasteiger partial charge in [0, 0.05) is 36.3 Å². The van der Waals surface area contributed by atoms with Crippen LogP contribution in [0.1, 0.15) is 28.8 Å². The number of rotatable bonds is 5. The molecule has 5 nitrogen and oxygen atoms in total. The number of likely N-dealkylation sites (tertiary alicyclic amines) is 1. The SMILES string of the molecule is O=C(Nc1cccc(-c2nc3ccccc3s2)c1)c1cccc(CN2CCCC2=O)c1. The number of aromatic nitrogens is 1. The molecule has 1 aromatic heterocycles. The van der Waals surface area contributed by atoms with Gasteiger partial charge in [-0.25, -0.2) is 4.98 Å². The minimum atomic E-state index is -0.170. The van der Waals surface area contributed by atoms with Crippen molar-refractivity contribution >= 4 is 39.1 Å². The van der Waals surface area contributed by atoms with Gasteiger partial charge in [0.1, 0.15) is 5.01 Å². The second-order valence-electron chi connectivity index (χ2n) is 7.64. The summed E-state index contributed by atoms with van der Waals surface area (Å²) < 4.78 is 1.14. The highest BCUT2D eigenvalue weighted by atomic mass is 32.1. The van der Waals surface area contributed by atoms with Gasteiger partial charge in [0.2, 0.25) is 5.91 Å². The number of hydrogen-bond acceptors (Lipinski definition) is 4. The lowest BCUT2D eigenvalue weighted by Crippen LogP contribution is -2.24. The zero-order valence-electron chi connectivity index (χ0n) is 16.9. The Labute approximate surface area is 184 Å². The van der Waals surface area contributed by atoms with Gasteiger partial charge in [-0.15, -0.1) is 11.3 Å². The zero-order valence-corrected chi connectivity index (χ0v) is 17.7. The standard InChI is InChI=1S/C25H21N3O2S/c29-23-12-5-13-28(23)16-17-6-3-7-18(14-17)24(30)26-20-9-4-8-19(15-20)25-27-21-10-1-2-11-22(21)31-25/h1-4,6-11,14-15H,5,12-13,16H2,(H,26,30). The topological polar surface area (TPSA) is 62.3 Å². The summed E-state index contributed by atoms with van der Waals surface area (Å²) in [5, 5.41) is 3.91. The quantitative estimate of drug-likeness (QED) is 0.468. The van der Waals surface area contributed by atoms with Crippen LogP contribution in [0.4, 0.5) is 5.69 Å². The summed E-state index contributed by atoms with van der Waals surface area (Å²) in [6.45, 7) is 1.33. The lowest BCUT2D eigenvalue weighted by Gasteiger charge is -2.16. The highest BCUT2D eigenvalue weighted by Crippen LogP contribution is 2.31. The number of nitrogens with one attached hydrogen (secondary N) is 1. The number of thiazole rings is 1. The van der Waals surface area contributed by atoms with Crippen LogP contribution < -0.4 is 5.32 Å². The van der Waals surface area contributed by atoms with Crippen LogP contribution in [0, 0.1) is 0 Å². The monoisotopic (exact) mass is 427 g/mol. The van der Waals surface area contributed by atoms with Gasteiger partial charge in [-0.2, -0.15) is 0 Å². The average Bonchev–Trinajstić information content (AvgIpc) is 3.40. The number of nitrogens with zero attached hydrogens (tertiary/aromatic N) is 2. The third-order valence-corrected chi connectivity index (χ3v) is 6.48. The summed E-state index contributed by atoms with van der Waals surface area (Å²) >= 11 is 1.64. The molecular formula is C25H21N3O2S.